The van der Waals surface area contributed by atoms with E-state index in [-0.39, 0.29) is 5.88 Å². The van der Waals surface area contributed by atoms with Crippen molar-refractivity contribution in [2.75, 3.05) is 6.61 Å². The van der Waals surface area contributed by atoms with Crippen LogP contribution in [0.5, 0.6) is 5.88 Å². The Balaban J connectivity index is 1.86. The van der Waals surface area contributed by atoms with Gasteiger partial charge < -0.3 is 10.1 Å². The third-order valence-electron chi connectivity index (χ3n) is 2.36. The molecule has 0 saturated heterocycles. The van der Waals surface area contributed by atoms with E-state index in [0.717, 1.165) is 5.56 Å². The average Bonchev–Trinajstić information content (AvgIpc) is 3.07. The molecule has 1 aliphatic carbocycles. The van der Waals surface area contributed by atoms with Crippen LogP contribution in [-0.2, 0) is 6.54 Å². The fraction of sp³-hybridized carbons (Fsp3) is 0.545. The van der Waals surface area contributed by atoms with Crippen molar-refractivity contribution in [2.45, 2.75) is 31.6 Å². The number of ether oxygens (including phenoxy) is 1. The fourth-order valence-electron chi connectivity index (χ4n) is 1.34. The van der Waals surface area contributed by atoms with Crippen LogP contribution in [0.4, 0.5) is 13.2 Å². The summed E-state index contributed by atoms with van der Waals surface area (Å²) in [6.07, 6.45) is -0.537. The summed E-state index contributed by atoms with van der Waals surface area (Å²) in [5.41, 5.74) is 0.879. The van der Waals surface area contributed by atoms with E-state index in [9.17, 15) is 13.2 Å². The van der Waals surface area contributed by atoms with Crippen molar-refractivity contribution in [3.8, 4) is 5.88 Å². The smallest absolute Gasteiger partial charge is 0.422 e. The second-order valence-corrected chi connectivity index (χ2v) is 4.06. The van der Waals surface area contributed by atoms with Crippen molar-refractivity contribution in [1.29, 1.82) is 0 Å². The van der Waals surface area contributed by atoms with Crippen LogP contribution >= 0.6 is 0 Å². The second-order valence-electron chi connectivity index (χ2n) is 4.06. The van der Waals surface area contributed by atoms with E-state index in [1.54, 1.807) is 6.07 Å². The highest BCUT2D eigenvalue weighted by atomic mass is 19.4. The van der Waals surface area contributed by atoms with E-state index in [0.29, 0.717) is 12.6 Å². The minimum absolute atomic E-state index is 0.0115. The van der Waals surface area contributed by atoms with Crippen molar-refractivity contribution < 1.29 is 17.9 Å². The van der Waals surface area contributed by atoms with Gasteiger partial charge in [-0.25, -0.2) is 4.98 Å². The number of pyridine rings is 1. The number of nitrogens with zero attached hydrogens (tertiary/aromatic N) is 1. The Morgan fingerprint density at radius 3 is 2.82 bits per heavy atom. The van der Waals surface area contributed by atoms with Crippen molar-refractivity contribution in [1.82, 2.24) is 10.3 Å². The number of rotatable bonds is 5. The largest absolute Gasteiger partial charge is 0.468 e. The van der Waals surface area contributed by atoms with Crippen LogP contribution in [0.15, 0.2) is 18.3 Å². The van der Waals surface area contributed by atoms with Gasteiger partial charge in [-0.1, -0.05) is 0 Å². The summed E-state index contributed by atoms with van der Waals surface area (Å²) >= 11 is 0. The molecule has 17 heavy (non-hydrogen) atoms. The molecule has 0 aliphatic heterocycles. The lowest BCUT2D eigenvalue weighted by Crippen LogP contribution is -2.20. The van der Waals surface area contributed by atoms with E-state index in [1.807, 2.05) is 0 Å². The molecule has 0 bridgehead atoms. The minimum Gasteiger partial charge on any atom is -0.468 e. The molecule has 0 atom stereocenters. The molecule has 1 aromatic heterocycles. The minimum atomic E-state index is -4.33. The molecule has 0 amide bonds. The molecule has 0 spiro atoms. The summed E-state index contributed by atoms with van der Waals surface area (Å²) < 4.78 is 40.4. The van der Waals surface area contributed by atoms with Crippen molar-refractivity contribution in [3.05, 3.63) is 23.9 Å². The van der Waals surface area contributed by atoms with E-state index >= 15 is 0 Å². The quantitative estimate of drug-likeness (QED) is 0.865. The molecule has 1 saturated carbocycles. The highest BCUT2D eigenvalue weighted by molar-refractivity contribution is 5.20. The average molecular weight is 246 g/mol. The van der Waals surface area contributed by atoms with Crippen LogP contribution in [0.25, 0.3) is 0 Å². The van der Waals surface area contributed by atoms with Crippen molar-refractivity contribution in [3.63, 3.8) is 0 Å². The molecule has 3 nitrogen and oxygen atoms in total. The first kappa shape index (κ1) is 12.2. The third kappa shape index (κ3) is 4.60. The van der Waals surface area contributed by atoms with Gasteiger partial charge in [0, 0.05) is 24.8 Å². The molecule has 1 heterocycles. The summed E-state index contributed by atoms with van der Waals surface area (Å²) in [5, 5.41) is 3.27. The molecule has 6 heteroatoms. The van der Waals surface area contributed by atoms with Crippen LogP contribution in [0, 0.1) is 0 Å². The molecule has 1 fully saturated rings. The second kappa shape index (κ2) is 4.91. The highest BCUT2D eigenvalue weighted by Crippen LogP contribution is 2.20. The number of aromatic nitrogens is 1. The fourth-order valence-corrected chi connectivity index (χ4v) is 1.34. The zero-order chi connectivity index (χ0) is 12.3. The molecule has 94 valence electrons. The Morgan fingerprint density at radius 1 is 1.41 bits per heavy atom. The monoisotopic (exact) mass is 246 g/mol. The molecule has 0 unspecified atom stereocenters. The van der Waals surface area contributed by atoms with Gasteiger partial charge >= 0.3 is 6.18 Å². The number of halogens is 3. The van der Waals surface area contributed by atoms with Gasteiger partial charge in [0.1, 0.15) is 0 Å². The summed E-state index contributed by atoms with van der Waals surface area (Å²) in [6.45, 7) is -0.672. The number of hydrogen-bond acceptors (Lipinski definition) is 3. The lowest BCUT2D eigenvalue weighted by molar-refractivity contribution is -0.154. The molecular weight excluding hydrogens is 233 g/mol. The first-order chi connectivity index (χ1) is 8.03. The molecule has 2 rings (SSSR count). The Bertz CT molecular complexity index is 377. The normalized spacial score (nSPS) is 15.9. The maximum Gasteiger partial charge on any atom is 0.422 e. The first-order valence-electron chi connectivity index (χ1n) is 5.41. The summed E-state index contributed by atoms with van der Waals surface area (Å²) in [7, 11) is 0. The van der Waals surface area contributed by atoms with Gasteiger partial charge in [0.15, 0.2) is 6.61 Å². The zero-order valence-electron chi connectivity index (χ0n) is 9.13. The van der Waals surface area contributed by atoms with Gasteiger partial charge in [-0.15, -0.1) is 0 Å². The molecule has 1 aromatic rings. The summed E-state index contributed by atoms with van der Waals surface area (Å²) in [6, 6.07) is 3.85. The maximum absolute atomic E-state index is 11.9. The Labute approximate surface area is 97.0 Å². The summed E-state index contributed by atoms with van der Waals surface area (Å²) in [5.74, 6) is 0.0115. The number of hydrogen-bond donors (Lipinski definition) is 1. The maximum atomic E-state index is 11.9. The molecule has 0 aromatic carbocycles. The highest BCUT2D eigenvalue weighted by Gasteiger charge is 2.28. The van der Waals surface area contributed by atoms with E-state index in [1.165, 1.54) is 25.1 Å². The molecule has 1 aliphatic rings. The van der Waals surface area contributed by atoms with Gasteiger partial charge in [-0.05, 0) is 24.5 Å². The van der Waals surface area contributed by atoms with Crippen LogP contribution in [0.3, 0.4) is 0 Å². The zero-order valence-corrected chi connectivity index (χ0v) is 9.13. The van der Waals surface area contributed by atoms with Gasteiger partial charge in [0.25, 0.3) is 0 Å². The van der Waals surface area contributed by atoms with Crippen LogP contribution in [0.2, 0.25) is 0 Å². The van der Waals surface area contributed by atoms with Crippen molar-refractivity contribution >= 4 is 0 Å². The van der Waals surface area contributed by atoms with Gasteiger partial charge in [0.05, 0.1) is 0 Å². The molecular formula is C11H13F3N2O. The van der Waals surface area contributed by atoms with Gasteiger partial charge in [-0.2, -0.15) is 13.2 Å². The predicted octanol–water partition coefficient (Wildman–Crippen LogP) is 2.27. The summed E-state index contributed by atoms with van der Waals surface area (Å²) in [4.78, 5) is 3.74. The third-order valence-corrected chi connectivity index (χ3v) is 2.36. The van der Waals surface area contributed by atoms with Gasteiger partial charge in [0.2, 0.25) is 5.88 Å². The van der Waals surface area contributed by atoms with Crippen LogP contribution < -0.4 is 10.1 Å². The Kier molecular flexibility index (Phi) is 3.51. The number of nitrogens with one attached hydrogen (secondary N) is 1. The SMILES string of the molecule is FC(F)(F)COc1cc(CNC2CC2)ccn1. The molecule has 0 radical (unpaired) electrons. The lowest BCUT2D eigenvalue weighted by atomic mass is 10.2. The Morgan fingerprint density at radius 2 is 2.18 bits per heavy atom. The van der Waals surface area contributed by atoms with Crippen LogP contribution in [-0.4, -0.2) is 23.8 Å². The van der Waals surface area contributed by atoms with Crippen LogP contribution in [0.1, 0.15) is 18.4 Å². The Hall–Kier alpha value is -1.30. The predicted molar refractivity (Wildman–Crippen MR) is 55.6 cm³/mol. The standard InChI is InChI=1S/C11H13F3N2O/c12-11(13,14)7-17-10-5-8(3-4-15-10)6-16-9-1-2-9/h3-5,9,16H,1-2,6-7H2. The topological polar surface area (TPSA) is 34.1 Å². The van der Waals surface area contributed by atoms with Crippen molar-refractivity contribution in [2.24, 2.45) is 0 Å². The van der Waals surface area contributed by atoms with E-state index in [2.05, 4.69) is 15.0 Å². The van der Waals surface area contributed by atoms with E-state index in [4.69, 9.17) is 0 Å². The number of alkyl halides is 3. The lowest BCUT2D eigenvalue weighted by Gasteiger charge is -2.09. The van der Waals surface area contributed by atoms with E-state index < -0.39 is 12.8 Å². The van der Waals surface area contributed by atoms with Gasteiger partial charge in [-0.3, -0.25) is 0 Å². The first-order valence-corrected chi connectivity index (χ1v) is 5.41. The molecule has 1 N–H and O–H groups in total.